The molecule has 0 atom stereocenters. The molecule has 2 amide bonds. The van der Waals surface area contributed by atoms with Crippen LogP contribution in [0.15, 0.2) is 48.5 Å². The van der Waals surface area contributed by atoms with Crippen LogP contribution in [-0.2, 0) is 33.6 Å². The first-order chi connectivity index (χ1) is 12.6. The standard InChI is InChI=1S/C21H21NO4/c23-19(22-21(25)17-7-2-1-3-8-17)14-26-20(24)13-15-10-11-16-6-4-5-9-18(16)12-15/h1-3,7-8,10-12H,4-6,9,13-14H2,(H,22,23,25). The Kier molecular flexibility index (Phi) is 5.79. The van der Waals surface area contributed by atoms with Crippen LogP contribution < -0.4 is 5.32 Å². The Morgan fingerprint density at radius 2 is 1.65 bits per heavy atom. The molecule has 0 saturated carbocycles. The lowest BCUT2D eigenvalue weighted by Crippen LogP contribution is -2.34. The van der Waals surface area contributed by atoms with Crippen LogP contribution in [0, 0.1) is 0 Å². The van der Waals surface area contributed by atoms with E-state index in [-0.39, 0.29) is 6.42 Å². The van der Waals surface area contributed by atoms with Crippen molar-refractivity contribution in [3.05, 3.63) is 70.8 Å². The van der Waals surface area contributed by atoms with Crippen LogP contribution >= 0.6 is 0 Å². The predicted molar refractivity (Wildman–Crippen MR) is 96.7 cm³/mol. The average Bonchev–Trinajstić information content (AvgIpc) is 2.67. The monoisotopic (exact) mass is 351 g/mol. The molecule has 0 unspecified atom stereocenters. The number of hydrogen-bond donors (Lipinski definition) is 1. The quantitative estimate of drug-likeness (QED) is 0.841. The lowest BCUT2D eigenvalue weighted by Gasteiger charge is -2.16. The molecule has 2 aromatic rings. The number of esters is 1. The van der Waals surface area contributed by atoms with Crippen molar-refractivity contribution in [3.8, 4) is 0 Å². The van der Waals surface area contributed by atoms with Gasteiger partial charge in [-0.05, 0) is 54.5 Å². The van der Waals surface area contributed by atoms with E-state index >= 15 is 0 Å². The maximum atomic E-state index is 12.0. The van der Waals surface area contributed by atoms with Gasteiger partial charge in [0.05, 0.1) is 6.42 Å². The smallest absolute Gasteiger partial charge is 0.310 e. The highest BCUT2D eigenvalue weighted by Crippen LogP contribution is 2.22. The summed E-state index contributed by atoms with van der Waals surface area (Å²) in [6.45, 7) is -0.470. The first-order valence-electron chi connectivity index (χ1n) is 8.77. The Hall–Kier alpha value is -2.95. The zero-order valence-corrected chi connectivity index (χ0v) is 14.5. The molecule has 0 radical (unpaired) electrons. The molecule has 3 rings (SSSR count). The summed E-state index contributed by atoms with van der Waals surface area (Å²) < 4.78 is 4.99. The number of amides is 2. The SMILES string of the molecule is O=C(COC(=O)Cc1ccc2c(c1)CCCC2)NC(=O)c1ccccc1. The molecular weight excluding hydrogens is 330 g/mol. The van der Waals surface area contributed by atoms with Crippen molar-refractivity contribution in [1.29, 1.82) is 0 Å². The number of imide groups is 1. The summed E-state index contributed by atoms with van der Waals surface area (Å²) in [5.41, 5.74) is 3.91. The molecule has 1 aliphatic rings. The molecule has 1 aliphatic carbocycles. The minimum atomic E-state index is -0.641. The molecule has 0 aromatic heterocycles. The van der Waals surface area contributed by atoms with Crippen molar-refractivity contribution >= 4 is 17.8 Å². The third-order valence-corrected chi connectivity index (χ3v) is 4.41. The highest BCUT2D eigenvalue weighted by molar-refractivity contribution is 6.05. The molecule has 134 valence electrons. The molecule has 26 heavy (non-hydrogen) atoms. The van der Waals surface area contributed by atoms with Gasteiger partial charge in [-0.3, -0.25) is 19.7 Å². The van der Waals surface area contributed by atoms with Crippen molar-refractivity contribution in [2.24, 2.45) is 0 Å². The molecule has 2 aromatic carbocycles. The second-order valence-corrected chi connectivity index (χ2v) is 6.39. The van der Waals surface area contributed by atoms with Gasteiger partial charge in [-0.1, -0.05) is 36.4 Å². The molecular formula is C21H21NO4. The van der Waals surface area contributed by atoms with Crippen LogP contribution in [0.25, 0.3) is 0 Å². The van der Waals surface area contributed by atoms with Gasteiger partial charge in [0, 0.05) is 5.56 Å². The largest absolute Gasteiger partial charge is 0.455 e. The molecule has 0 heterocycles. The number of rotatable bonds is 5. The number of fused-ring (bicyclic) bond motifs is 1. The van der Waals surface area contributed by atoms with Gasteiger partial charge in [0.15, 0.2) is 6.61 Å². The highest BCUT2D eigenvalue weighted by Gasteiger charge is 2.14. The van der Waals surface area contributed by atoms with Crippen molar-refractivity contribution in [1.82, 2.24) is 5.32 Å². The minimum absolute atomic E-state index is 0.118. The maximum Gasteiger partial charge on any atom is 0.310 e. The van der Waals surface area contributed by atoms with E-state index in [4.69, 9.17) is 4.74 Å². The van der Waals surface area contributed by atoms with Crippen molar-refractivity contribution in [2.45, 2.75) is 32.1 Å². The van der Waals surface area contributed by atoms with Crippen LogP contribution in [0.2, 0.25) is 0 Å². The maximum absolute atomic E-state index is 12.0. The van der Waals surface area contributed by atoms with E-state index < -0.39 is 24.4 Å². The predicted octanol–water partition coefficient (Wildman–Crippen LogP) is 2.61. The van der Waals surface area contributed by atoms with Gasteiger partial charge < -0.3 is 4.74 Å². The number of aryl methyl sites for hydroxylation is 2. The zero-order valence-electron chi connectivity index (χ0n) is 14.5. The summed E-state index contributed by atoms with van der Waals surface area (Å²) in [5, 5.41) is 2.20. The Morgan fingerprint density at radius 3 is 2.42 bits per heavy atom. The first kappa shape index (κ1) is 17.9. The summed E-state index contributed by atoms with van der Waals surface area (Å²) >= 11 is 0. The number of carbonyl (C=O) groups excluding carboxylic acids is 3. The normalized spacial score (nSPS) is 12.8. The van der Waals surface area contributed by atoms with Gasteiger partial charge in [0.25, 0.3) is 11.8 Å². The second kappa shape index (κ2) is 8.43. The summed E-state index contributed by atoms with van der Waals surface area (Å²) in [4.78, 5) is 35.6. The molecule has 0 fully saturated rings. The van der Waals surface area contributed by atoms with Gasteiger partial charge in [-0.25, -0.2) is 0 Å². The zero-order chi connectivity index (χ0) is 18.4. The fourth-order valence-electron chi connectivity index (χ4n) is 3.08. The van der Waals surface area contributed by atoms with E-state index in [0.717, 1.165) is 18.4 Å². The molecule has 0 aliphatic heterocycles. The lowest BCUT2D eigenvalue weighted by molar-refractivity contribution is -0.147. The highest BCUT2D eigenvalue weighted by atomic mass is 16.5. The van der Waals surface area contributed by atoms with Crippen molar-refractivity contribution in [2.75, 3.05) is 6.61 Å². The Balaban J connectivity index is 1.46. The van der Waals surface area contributed by atoms with E-state index in [0.29, 0.717) is 5.56 Å². The van der Waals surface area contributed by atoms with Crippen LogP contribution in [0.1, 0.15) is 39.9 Å². The number of benzene rings is 2. The Bertz CT molecular complexity index is 814. The third-order valence-electron chi connectivity index (χ3n) is 4.41. The summed E-state index contributed by atoms with van der Waals surface area (Å²) in [6.07, 6.45) is 4.65. The fraction of sp³-hybridized carbons (Fsp3) is 0.286. The van der Waals surface area contributed by atoms with E-state index in [1.165, 1.54) is 24.0 Å². The van der Waals surface area contributed by atoms with E-state index in [9.17, 15) is 14.4 Å². The van der Waals surface area contributed by atoms with Gasteiger partial charge in [-0.2, -0.15) is 0 Å². The summed E-state index contributed by atoms with van der Waals surface area (Å²) in [6, 6.07) is 14.5. The second-order valence-electron chi connectivity index (χ2n) is 6.39. The van der Waals surface area contributed by atoms with Crippen LogP contribution in [-0.4, -0.2) is 24.4 Å². The van der Waals surface area contributed by atoms with Crippen LogP contribution in [0.4, 0.5) is 0 Å². The van der Waals surface area contributed by atoms with Crippen molar-refractivity contribution in [3.63, 3.8) is 0 Å². The number of ether oxygens (including phenoxy) is 1. The van der Waals surface area contributed by atoms with Crippen LogP contribution in [0.5, 0.6) is 0 Å². The molecule has 0 spiro atoms. The Labute approximate surface area is 152 Å². The topological polar surface area (TPSA) is 72.5 Å². The number of hydrogen-bond acceptors (Lipinski definition) is 4. The lowest BCUT2D eigenvalue weighted by atomic mass is 9.90. The fourth-order valence-corrected chi connectivity index (χ4v) is 3.08. The van der Waals surface area contributed by atoms with E-state index in [2.05, 4.69) is 17.4 Å². The van der Waals surface area contributed by atoms with Gasteiger partial charge in [0.1, 0.15) is 0 Å². The van der Waals surface area contributed by atoms with Gasteiger partial charge in [0.2, 0.25) is 0 Å². The van der Waals surface area contributed by atoms with Gasteiger partial charge >= 0.3 is 5.97 Å². The van der Waals surface area contributed by atoms with Crippen molar-refractivity contribution < 1.29 is 19.1 Å². The van der Waals surface area contributed by atoms with Crippen LogP contribution in [0.3, 0.4) is 0 Å². The summed E-state index contributed by atoms with van der Waals surface area (Å²) in [7, 11) is 0. The molecule has 0 bridgehead atoms. The van der Waals surface area contributed by atoms with E-state index in [1.807, 2.05) is 6.07 Å². The van der Waals surface area contributed by atoms with Gasteiger partial charge in [-0.15, -0.1) is 0 Å². The summed E-state index contributed by atoms with van der Waals surface area (Å²) in [5.74, 6) is -1.64. The Morgan fingerprint density at radius 1 is 0.923 bits per heavy atom. The number of carbonyl (C=O) groups is 3. The molecule has 5 heteroatoms. The van der Waals surface area contributed by atoms with E-state index in [1.54, 1.807) is 30.3 Å². The third kappa shape index (κ3) is 4.79. The molecule has 1 N–H and O–H groups in total. The minimum Gasteiger partial charge on any atom is -0.455 e. The number of nitrogens with one attached hydrogen (secondary N) is 1. The first-order valence-corrected chi connectivity index (χ1v) is 8.77. The average molecular weight is 351 g/mol. The molecule has 5 nitrogen and oxygen atoms in total. The molecule has 0 saturated heterocycles.